The molecule has 0 N–H and O–H groups in total. The van der Waals surface area contributed by atoms with Crippen LogP contribution < -0.4 is 4.90 Å². The molecule has 2 atom stereocenters. The van der Waals surface area contributed by atoms with Crippen molar-refractivity contribution in [3.8, 4) is 0 Å². The highest BCUT2D eigenvalue weighted by molar-refractivity contribution is 5.99. The van der Waals surface area contributed by atoms with Gasteiger partial charge in [0.15, 0.2) is 0 Å². The predicted octanol–water partition coefficient (Wildman–Crippen LogP) is 2.21. The van der Waals surface area contributed by atoms with Crippen molar-refractivity contribution in [3.05, 3.63) is 30.3 Å². The van der Waals surface area contributed by atoms with Gasteiger partial charge >= 0.3 is 0 Å². The molecule has 0 radical (unpaired) electrons. The molecule has 3 heterocycles. The molecule has 3 fully saturated rings. The van der Waals surface area contributed by atoms with Gasteiger partial charge < -0.3 is 9.80 Å². The van der Waals surface area contributed by atoms with Crippen LogP contribution in [0.15, 0.2) is 30.3 Å². The first kappa shape index (κ1) is 15.2. The summed E-state index contributed by atoms with van der Waals surface area (Å²) in [6.07, 6.45) is 4.84. The number of hydrogen-bond acceptors (Lipinski definition) is 3. The number of carbonyl (C=O) groups is 1. The molecule has 1 amide bonds. The number of para-hydroxylation sites is 1. The second kappa shape index (κ2) is 5.91. The fourth-order valence-corrected chi connectivity index (χ4v) is 4.87. The molecule has 1 aromatic carbocycles. The number of benzene rings is 1. The third kappa shape index (κ3) is 2.79. The Morgan fingerprint density at radius 1 is 1.04 bits per heavy atom. The fourth-order valence-electron chi connectivity index (χ4n) is 4.87. The number of amides is 1. The minimum Gasteiger partial charge on any atom is -0.311 e. The zero-order valence-electron chi connectivity index (χ0n) is 14.1. The van der Waals surface area contributed by atoms with E-state index in [-0.39, 0.29) is 6.04 Å². The van der Waals surface area contributed by atoms with Crippen molar-refractivity contribution < 1.29 is 4.79 Å². The SMILES string of the molecule is CN1CCC2(CCCN(C3CCN(c4ccccc4)C3=O)C2)C1. The quantitative estimate of drug-likeness (QED) is 0.837. The lowest BCUT2D eigenvalue weighted by molar-refractivity contribution is -0.122. The molecule has 4 rings (SSSR count). The Balaban J connectivity index is 1.47. The summed E-state index contributed by atoms with van der Waals surface area (Å²) >= 11 is 0. The maximum absolute atomic E-state index is 12.9. The molecular weight excluding hydrogens is 286 g/mol. The number of carbonyl (C=O) groups excluding carboxylic acids is 1. The van der Waals surface area contributed by atoms with Crippen molar-refractivity contribution in [1.29, 1.82) is 0 Å². The normalized spacial score (nSPS) is 33.0. The first-order chi connectivity index (χ1) is 11.2. The predicted molar refractivity (Wildman–Crippen MR) is 92.6 cm³/mol. The topological polar surface area (TPSA) is 26.8 Å². The van der Waals surface area contributed by atoms with E-state index in [0.717, 1.165) is 31.7 Å². The molecule has 1 spiro atoms. The van der Waals surface area contributed by atoms with Gasteiger partial charge in [-0.3, -0.25) is 9.69 Å². The summed E-state index contributed by atoms with van der Waals surface area (Å²) < 4.78 is 0. The van der Waals surface area contributed by atoms with Gasteiger partial charge in [0.1, 0.15) is 0 Å². The summed E-state index contributed by atoms with van der Waals surface area (Å²) in [6, 6.07) is 10.2. The lowest BCUT2D eigenvalue weighted by Crippen LogP contribution is -2.51. The molecule has 3 aliphatic rings. The molecular formula is C19H27N3O. The second-order valence-electron chi connectivity index (χ2n) is 7.69. The minimum atomic E-state index is 0.0956. The van der Waals surface area contributed by atoms with Crippen LogP contribution in [0.2, 0.25) is 0 Å². The van der Waals surface area contributed by atoms with Crippen LogP contribution in [-0.4, -0.2) is 61.5 Å². The van der Waals surface area contributed by atoms with Crippen LogP contribution in [0.4, 0.5) is 5.69 Å². The summed E-state index contributed by atoms with van der Waals surface area (Å²) in [6.45, 7) is 5.47. The molecule has 0 bridgehead atoms. The number of likely N-dealkylation sites (tertiary alicyclic amines) is 2. The van der Waals surface area contributed by atoms with E-state index < -0.39 is 0 Å². The fraction of sp³-hybridized carbons (Fsp3) is 0.632. The van der Waals surface area contributed by atoms with Crippen molar-refractivity contribution in [2.75, 3.05) is 44.7 Å². The average Bonchev–Trinajstić information content (AvgIpc) is 3.12. The Morgan fingerprint density at radius 2 is 1.87 bits per heavy atom. The first-order valence-corrected chi connectivity index (χ1v) is 8.96. The first-order valence-electron chi connectivity index (χ1n) is 8.96. The molecule has 4 nitrogen and oxygen atoms in total. The van der Waals surface area contributed by atoms with Crippen molar-refractivity contribution >= 4 is 11.6 Å². The summed E-state index contributed by atoms with van der Waals surface area (Å²) in [5.41, 5.74) is 1.49. The van der Waals surface area contributed by atoms with Crippen molar-refractivity contribution in [1.82, 2.24) is 9.80 Å². The highest BCUT2D eigenvalue weighted by Crippen LogP contribution is 2.40. The summed E-state index contributed by atoms with van der Waals surface area (Å²) in [5, 5.41) is 0. The smallest absolute Gasteiger partial charge is 0.244 e. The largest absolute Gasteiger partial charge is 0.311 e. The lowest BCUT2D eigenvalue weighted by atomic mass is 9.78. The molecule has 0 aliphatic carbocycles. The van der Waals surface area contributed by atoms with Gasteiger partial charge in [0.2, 0.25) is 5.91 Å². The van der Waals surface area contributed by atoms with Crippen LogP contribution in [-0.2, 0) is 4.79 Å². The maximum atomic E-state index is 12.9. The number of anilines is 1. The van der Waals surface area contributed by atoms with Gasteiger partial charge in [-0.15, -0.1) is 0 Å². The molecule has 0 aromatic heterocycles. The van der Waals surface area contributed by atoms with Crippen LogP contribution in [0, 0.1) is 5.41 Å². The van der Waals surface area contributed by atoms with Gasteiger partial charge in [-0.1, -0.05) is 18.2 Å². The van der Waals surface area contributed by atoms with Crippen LogP contribution in [0.25, 0.3) is 0 Å². The molecule has 0 saturated carbocycles. The van der Waals surface area contributed by atoms with Crippen LogP contribution in [0.5, 0.6) is 0 Å². The Bertz CT molecular complexity index is 571. The van der Waals surface area contributed by atoms with Gasteiger partial charge in [-0.25, -0.2) is 0 Å². The van der Waals surface area contributed by atoms with E-state index in [1.807, 2.05) is 35.2 Å². The van der Waals surface area contributed by atoms with Crippen molar-refractivity contribution in [3.63, 3.8) is 0 Å². The van der Waals surface area contributed by atoms with Crippen LogP contribution in [0.3, 0.4) is 0 Å². The van der Waals surface area contributed by atoms with Gasteiger partial charge in [0.25, 0.3) is 0 Å². The number of piperidine rings is 1. The molecule has 1 aromatic rings. The Hall–Kier alpha value is -1.39. The average molecular weight is 313 g/mol. The van der Waals surface area contributed by atoms with E-state index in [1.165, 1.54) is 32.4 Å². The molecule has 3 aliphatic heterocycles. The van der Waals surface area contributed by atoms with E-state index in [4.69, 9.17) is 0 Å². The van der Waals surface area contributed by atoms with Gasteiger partial charge in [0.05, 0.1) is 6.04 Å². The van der Waals surface area contributed by atoms with E-state index in [9.17, 15) is 4.79 Å². The van der Waals surface area contributed by atoms with E-state index in [0.29, 0.717) is 11.3 Å². The van der Waals surface area contributed by atoms with Crippen LogP contribution in [0.1, 0.15) is 25.7 Å². The molecule has 3 saturated heterocycles. The van der Waals surface area contributed by atoms with E-state index >= 15 is 0 Å². The summed E-state index contributed by atoms with van der Waals surface area (Å²) in [5.74, 6) is 0.305. The van der Waals surface area contributed by atoms with E-state index in [1.54, 1.807) is 0 Å². The van der Waals surface area contributed by atoms with E-state index in [2.05, 4.69) is 16.8 Å². The summed E-state index contributed by atoms with van der Waals surface area (Å²) in [7, 11) is 2.23. The number of hydrogen-bond donors (Lipinski definition) is 0. The standard InChI is InChI=1S/C19H27N3O/c1-20-13-10-19(14-20)9-5-11-21(15-19)17-8-12-22(18(17)23)16-6-3-2-4-7-16/h2-4,6-7,17H,5,8-15H2,1H3. The van der Waals surface area contributed by atoms with Gasteiger partial charge in [-0.05, 0) is 63.4 Å². The Labute approximate surface area is 139 Å². The zero-order chi connectivity index (χ0) is 15.9. The van der Waals surface area contributed by atoms with Gasteiger partial charge in [0, 0.05) is 25.3 Å². The number of nitrogens with zero attached hydrogens (tertiary/aromatic N) is 3. The van der Waals surface area contributed by atoms with Crippen molar-refractivity contribution in [2.24, 2.45) is 5.41 Å². The van der Waals surface area contributed by atoms with Crippen LogP contribution >= 0.6 is 0 Å². The molecule has 124 valence electrons. The highest BCUT2D eigenvalue weighted by atomic mass is 16.2. The third-order valence-electron chi connectivity index (χ3n) is 6.01. The highest BCUT2D eigenvalue weighted by Gasteiger charge is 2.45. The molecule has 4 heteroatoms. The van der Waals surface area contributed by atoms with Gasteiger partial charge in [-0.2, -0.15) is 0 Å². The monoisotopic (exact) mass is 313 g/mol. The Kier molecular flexibility index (Phi) is 3.90. The Morgan fingerprint density at radius 3 is 2.61 bits per heavy atom. The van der Waals surface area contributed by atoms with Crippen molar-refractivity contribution in [2.45, 2.75) is 31.7 Å². The zero-order valence-corrected chi connectivity index (χ0v) is 14.1. The summed E-state index contributed by atoms with van der Waals surface area (Å²) in [4.78, 5) is 19.9. The minimum absolute atomic E-state index is 0.0956. The maximum Gasteiger partial charge on any atom is 0.244 e. The molecule has 23 heavy (non-hydrogen) atoms. The number of rotatable bonds is 2. The lowest BCUT2D eigenvalue weighted by Gasteiger charge is -2.42. The second-order valence-corrected chi connectivity index (χ2v) is 7.69. The molecule has 2 unspecified atom stereocenters. The third-order valence-corrected chi connectivity index (χ3v) is 6.01.